The molecule has 3 nitrogen and oxygen atoms in total. The van der Waals surface area contributed by atoms with Crippen molar-refractivity contribution in [3.63, 3.8) is 0 Å². The molecule has 0 heterocycles. The summed E-state index contributed by atoms with van der Waals surface area (Å²) in [5, 5.41) is 0. The second-order valence-electron chi connectivity index (χ2n) is 4.88. The van der Waals surface area contributed by atoms with Gasteiger partial charge in [-0.05, 0) is 62.6 Å². The van der Waals surface area contributed by atoms with Crippen molar-refractivity contribution in [2.45, 2.75) is 34.2 Å². The third-order valence-electron chi connectivity index (χ3n) is 3.38. The van der Waals surface area contributed by atoms with E-state index in [1.807, 2.05) is 11.9 Å². The Bertz CT molecular complexity index is 412. The number of aryl methyl sites for hydroxylation is 2. The summed E-state index contributed by atoms with van der Waals surface area (Å²) >= 11 is 0. The average Bonchev–Trinajstić information content (AvgIpc) is 2.20. The standard InChI is InChI=1S/C14H22N2O/c1-9-6-10(2)12(4)13(11(9)3)7-16(5)8-14(15)17/h6H,7-8H2,1-5H3,(H2,15,17). The molecule has 0 aliphatic heterocycles. The molecule has 1 aromatic carbocycles. The van der Waals surface area contributed by atoms with E-state index in [1.54, 1.807) is 0 Å². The minimum absolute atomic E-state index is 0.285. The van der Waals surface area contributed by atoms with Gasteiger partial charge in [0.25, 0.3) is 0 Å². The van der Waals surface area contributed by atoms with E-state index in [2.05, 4.69) is 33.8 Å². The van der Waals surface area contributed by atoms with E-state index in [0.29, 0.717) is 6.54 Å². The number of primary amides is 1. The van der Waals surface area contributed by atoms with E-state index in [9.17, 15) is 4.79 Å². The molecular weight excluding hydrogens is 212 g/mol. The fraction of sp³-hybridized carbons (Fsp3) is 0.500. The van der Waals surface area contributed by atoms with Crippen LogP contribution < -0.4 is 5.73 Å². The molecule has 0 aliphatic carbocycles. The van der Waals surface area contributed by atoms with E-state index in [0.717, 1.165) is 6.54 Å². The van der Waals surface area contributed by atoms with Crippen molar-refractivity contribution < 1.29 is 4.79 Å². The summed E-state index contributed by atoms with van der Waals surface area (Å²) in [5.74, 6) is -0.285. The second-order valence-corrected chi connectivity index (χ2v) is 4.88. The third-order valence-corrected chi connectivity index (χ3v) is 3.38. The SMILES string of the molecule is Cc1cc(C)c(C)c(CN(C)CC(N)=O)c1C. The monoisotopic (exact) mass is 234 g/mol. The topological polar surface area (TPSA) is 46.3 Å². The van der Waals surface area contributed by atoms with Crippen LogP contribution in [0.15, 0.2) is 6.07 Å². The zero-order valence-corrected chi connectivity index (χ0v) is 11.4. The van der Waals surface area contributed by atoms with Crippen LogP contribution in [0.25, 0.3) is 0 Å². The van der Waals surface area contributed by atoms with Crippen LogP contribution in [-0.2, 0) is 11.3 Å². The van der Waals surface area contributed by atoms with Crippen LogP contribution in [0.4, 0.5) is 0 Å². The van der Waals surface area contributed by atoms with Gasteiger partial charge in [-0.15, -0.1) is 0 Å². The Hall–Kier alpha value is -1.35. The lowest BCUT2D eigenvalue weighted by atomic mass is 9.94. The molecule has 1 amide bonds. The normalized spacial score (nSPS) is 10.9. The Morgan fingerprint density at radius 1 is 1.18 bits per heavy atom. The first kappa shape index (κ1) is 13.7. The molecule has 0 atom stereocenters. The van der Waals surface area contributed by atoms with Crippen LogP contribution in [-0.4, -0.2) is 24.4 Å². The molecule has 0 aromatic heterocycles. The van der Waals surface area contributed by atoms with Gasteiger partial charge < -0.3 is 5.73 Å². The highest BCUT2D eigenvalue weighted by atomic mass is 16.1. The molecule has 1 aromatic rings. The number of carbonyl (C=O) groups is 1. The highest BCUT2D eigenvalue weighted by molar-refractivity contribution is 5.75. The fourth-order valence-electron chi connectivity index (χ4n) is 2.13. The molecule has 3 heteroatoms. The maximum absolute atomic E-state index is 10.9. The second kappa shape index (κ2) is 5.32. The van der Waals surface area contributed by atoms with Crippen molar-refractivity contribution in [1.82, 2.24) is 4.90 Å². The molecule has 0 radical (unpaired) electrons. The molecule has 0 unspecified atom stereocenters. The Morgan fingerprint density at radius 3 is 2.06 bits per heavy atom. The molecule has 1 rings (SSSR count). The smallest absolute Gasteiger partial charge is 0.231 e. The summed E-state index contributed by atoms with van der Waals surface area (Å²) in [6.45, 7) is 9.58. The van der Waals surface area contributed by atoms with E-state index in [4.69, 9.17) is 5.73 Å². The summed E-state index contributed by atoms with van der Waals surface area (Å²) < 4.78 is 0. The summed E-state index contributed by atoms with van der Waals surface area (Å²) in [5.41, 5.74) is 11.7. The van der Waals surface area contributed by atoms with Gasteiger partial charge in [-0.1, -0.05) is 6.07 Å². The van der Waals surface area contributed by atoms with E-state index in [-0.39, 0.29) is 5.91 Å². The minimum atomic E-state index is -0.285. The lowest BCUT2D eigenvalue weighted by Gasteiger charge is -2.20. The fourth-order valence-corrected chi connectivity index (χ4v) is 2.13. The molecule has 0 spiro atoms. The van der Waals surface area contributed by atoms with Gasteiger partial charge in [0.1, 0.15) is 0 Å². The van der Waals surface area contributed by atoms with Crippen molar-refractivity contribution in [3.8, 4) is 0 Å². The zero-order valence-electron chi connectivity index (χ0n) is 11.4. The molecule has 0 saturated heterocycles. The third kappa shape index (κ3) is 3.30. The highest BCUT2D eigenvalue weighted by Crippen LogP contribution is 2.22. The van der Waals surface area contributed by atoms with Crippen LogP contribution in [0.3, 0.4) is 0 Å². The van der Waals surface area contributed by atoms with Crippen molar-refractivity contribution in [2.24, 2.45) is 5.73 Å². The predicted molar refractivity (Wildman–Crippen MR) is 70.9 cm³/mol. The van der Waals surface area contributed by atoms with Gasteiger partial charge in [-0.2, -0.15) is 0 Å². The first-order valence-electron chi connectivity index (χ1n) is 5.86. The van der Waals surface area contributed by atoms with E-state index >= 15 is 0 Å². The molecule has 0 aliphatic rings. The predicted octanol–water partition coefficient (Wildman–Crippen LogP) is 1.84. The Morgan fingerprint density at radius 2 is 1.65 bits per heavy atom. The molecular formula is C14H22N2O. The first-order chi connectivity index (χ1) is 7.82. The van der Waals surface area contributed by atoms with Crippen LogP contribution in [0.5, 0.6) is 0 Å². The summed E-state index contributed by atoms with van der Waals surface area (Å²) in [4.78, 5) is 12.8. The van der Waals surface area contributed by atoms with Crippen LogP contribution >= 0.6 is 0 Å². The molecule has 0 saturated carbocycles. The van der Waals surface area contributed by atoms with E-state index < -0.39 is 0 Å². The number of rotatable bonds is 4. The number of nitrogens with two attached hydrogens (primary N) is 1. The first-order valence-corrected chi connectivity index (χ1v) is 5.86. The number of hydrogen-bond donors (Lipinski definition) is 1. The number of likely N-dealkylation sites (N-methyl/N-ethyl adjacent to an activating group) is 1. The number of benzene rings is 1. The molecule has 17 heavy (non-hydrogen) atoms. The zero-order chi connectivity index (χ0) is 13.2. The van der Waals surface area contributed by atoms with Gasteiger partial charge in [-0.25, -0.2) is 0 Å². The van der Waals surface area contributed by atoms with Gasteiger partial charge >= 0.3 is 0 Å². The number of carbonyl (C=O) groups excluding carboxylic acids is 1. The minimum Gasteiger partial charge on any atom is -0.369 e. The van der Waals surface area contributed by atoms with Crippen molar-refractivity contribution >= 4 is 5.91 Å². The Kier molecular flexibility index (Phi) is 4.29. The molecule has 94 valence electrons. The summed E-state index contributed by atoms with van der Waals surface area (Å²) in [7, 11) is 1.92. The van der Waals surface area contributed by atoms with Gasteiger partial charge in [0.05, 0.1) is 6.54 Å². The molecule has 0 bridgehead atoms. The number of hydrogen-bond acceptors (Lipinski definition) is 2. The average molecular weight is 234 g/mol. The van der Waals surface area contributed by atoms with Gasteiger partial charge in [0, 0.05) is 6.54 Å². The maximum atomic E-state index is 10.9. The van der Waals surface area contributed by atoms with Crippen LogP contribution in [0.1, 0.15) is 27.8 Å². The quantitative estimate of drug-likeness (QED) is 0.864. The largest absolute Gasteiger partial charge is 0.369 e. The van der Waals surface area contributed by atoms with Crippen LogP contribution in [0.2, 0.25) is 0 Å². The number of amides is 1. The van der Waals surface area contributed by atoms with Gasteiger partial charge in [0.2, 0.25) is 5.91 Å². The summed E-state index contributed by atoms with van der Waals surface area (Å²) in [6.07, 6.45) is 0. The maximum Gasteiger partial charge on any atom is 0.231 e. The van der Waals surface area contributed by atoms with E-state index in [1.165, 1.54) is 27.8 Å². The lowest BCUT2D eigenvalue weighted by molar-refractivity contribution is -0.118. The number of nitrogens with zero attached hydrogens (tertiary/aromatic N) is 1. The van der Waals surface area contributed by atoms with Crippen molar-refractivity contribution in [2.75, 3.05) is 13.6 Å². The molecule has 2 N–H and O–H groups in total. The Labute approximate surface area is 104 Å². The summed E-state index contributed by atoms with van der Waals surface area (Å²) in [6, 6.07) is 2.21. The van der Waals surface area contributed by atoms with Crippen molar-refractivity contribution in [1.29, 1.82) is 0 Å². The molecule has 0 fully saturated rings. The van der Waals surface area contributed by atoms with Crippen molar-refractivity contribution in [3.05, 3.63) is 33.9 Å². The lowest BCUT2D eigenvalue weighted by Crippen LogP contribution is -2.30. The van der Waals surface area contributed by atoms with Gasteiger partial charge in [-0.3, -0.25) is 9.69 Å². The highest BCUT2D eigenvalue weighted by Gasteiger charge is 2.11. The van der Waals surface area contributed by atoms with Gasteiger partial charge in [0.15, 0.2) is 0 Å². The van der Waals surface area contributed by atoms with Crippen LogP contribution in [0, 0.1) is 27.7 Å². The Balaban J connectivity index is 3.01.